The number of benzene rings is 2. The van der Waals surface area contributed by atoms with Crippen molar-refractivity contribution in [2.75, 3.05) is 0 Å². The van der Waals surface area contributed by atoms with Crippen LogP contribution in [0.2, 0.25) is 5.02 Å². The third kappa shape index (κ3) is 3.90. The molecule has 0 unspecified atom stereocenters. The topological polar surface area (TPSA) is 21.6 Å². The van der Waals surface area contributed by atoms with Crippen LogP contribution in [0, 0.1) is 6.92 Å². The Labute approximate surface area is 112 Å². The molecule has 0 aliphatic heterocycles. The smallest absolute Gasteiger partial charge is 0.142 e. The van der Waals surface area contributed by atoms with Crippen molar-refractivity contribution >= 4 is 17.8 Å². The Bertz CT molecular complexity index is 517. The van der Waals surface area contributed by atoms with Crippen LogP contribution >= 0.6 is 11.6 Å². The van der Waals surface area contributed by atoms with Crippen LogP contribution in [0.25, 0.3) is 0 Å². The number of rotatable bonds is 4. The van der Waals surface area contributed by atoms with Gasteiger partial charge in [0.25, 0.3) is 0 Å². The molecule has 0 heterocycles. The number of oxime groups is 1. The summed E-state index contributed by atoms with van der Waals surface area (Å²) >= 11 is 5.80. The lowest BCUT2D eigenvalue weighted by Gasteiger charge is -1.99. The molecule has 3 heteroatoms. The van der Waals surface area contributed by atoms with Gasteiger partial charge in [-0.2, -0.15) is 0 Å². The van der Waals surface area contributed by atoms with Gasteiger partial charge in [-0.1, -0.05) is 58.7 Å². The monoisotopic (exact) mass is 259 g/mol. The van der Waals surface area contributed by atoms with E-state index in [1.54, 1.807) is 6.21 Å². The fourth-order valence-electron chi connectivity index (χ4n) is 1.44. The number of aryl methyl sites for hydroxylation is 1. The van der Waals surface area contributed by atoms with E-state index in [4.69, 9.17) is 16.4 Å². The van der Waals surface area contributed by atoms with E-state index in [9.17, 15) is 0 Å². The van der Waals surface area contributed by atoms with Crippen LogP contribution in [0.1, 0.15) is 16.7 Å². The number of hydrogen-bond donors (Lipinski definition) is 0. The van der Waals surface area contributed by atoms with Crippen molar-refractivity contribution in [1.82, 2.24) is 0 Å². The van der Waals surface area contributed by atoms with Crippen molar-refractivity contribution in [2.24, 2.45) is 5.16 Å². The minimum Gasteiger partial charge on any atom is -0.391 e. The lowest BCUT2D eigenvalue weighted by Crippen LogP contribution is -1.88. The molecule has 92 valence electrons. The summed E-state index contributed by atoms with van der Waals surface area (Å²) in [5.41, 5.74) is 3.30. The molecule has 0 N–H and O–H groups in total. The molecule has 0 aliphatic rings. The van der Waals surface area contributed by atoms with Crippen molar-refractivity contribution in [1.29, 1.82) is 0 Å². The molecule has 0 amide bonds. The summed E-state index contributed by atoms with van der Waals surface area (Å²) < 4.78 is 0. The summed E-state index contributed by atoms with van der Waals surface area (Å²) in [7, 11) is 0. The van der Waals surface area contributed by atoms with Gasteiger partial charge in [0.2, 0.25) is 0 Å². The molecule has 0 saturated carbocycles. The van der Waals surface area contributed by atoms with Gasteiger partial charge in [0.05, 0.1) is 6.21 Å². The van der Waals surface area contributed by atoms with Gasteiger partial charge in [0.1, 0.15) is 6.61 Å². The summed E-state index contributed by atoms with van der Waals surface area (Å²) in [6.07, 6.45) is 1.70. The van der Waals surface area contributed by atoms with Crippen molar-refractivity contribution in [3.63, 3.8) is 0 Å². The molecule has 0 radical (unpaired) electrons. The SMILES string of the molecule is Cc1ccc(C=NOCc2ccc(Cl)cc2)cc1. The largest absolute Gasteiger partial charge is 0.391 e. The van der Waals surface area contributed by atoms with Crippen LogP contribution in [-0.2, 0) is 11.4 Å². The molecule has 0 fully saturated rings. The van der Waals surface area contributed by atoms with Crippen LogP contribution in [0.4, 0.5) is 0 Å². The Balaban J connectivity index is 1.84. The summed E-state index contributed by atoms with van der Waals surface area (Å²) in [4.78, 5) is 5.22. The first-order valence-corrected chi connectivity index (χ1v) is 6.08. The second-order valence-electron chi connectivity index (χ2n) is 4.05. The molecule has 2 rings (SSSR count). The quantitative estimate of drug-likeness (QED) is 0.596. The zero-order valence-electron chi connectivity index (χ0n) is 10.1. The molecular formula is C15H14ClNO. The predicted octanol–water partition coefficient (Wildman–Crippen LogP) is 4.20. The van der Waals surface area contributed by atoms with E-state index in [1.165, 1.54) is 5.56 Å². The number of halogens is 1. The zero-order valence-corrected chi connectivity index (χ0v) is 10.9. The second kappa shape index (κ2) is 6.22. The second-order valence-corrected chi connectivity index (χ2v) is 4.48. The Hall–Kier alpha value is -1.80. The van der Waals surface area contributed by atoms with E-state index in [0.717, 1.165) is 16.1 Å². The lowest BCUT2D eigenvalue weighted by atomic mass is 10.2. The summed E-state index contributed by atoms with van der Waals surface area (Å²) in [6.45, 7) is 2.50. The maximum Gasteiger partial charge on any atom is 0.142 e. The average molecular weight is 260 g/mol. The van der Waals surface area contributed by atoms with Crippen LogP contribution in [0.5, 0.6) is 0 Å². The van der Waals surface area contributed by atoms with E-state index >= 15 is 0 Å². The highest BCUT2D eigenvalue weighted by molar-refractivity contribution is 6.30. The fourth-order valence-corrected chi connectivity index (χ4v) is 1.57. The first-order chi connectivity index (χ1) is 8.74. The Kier molecular flexibility index (Phi) is 4.37. The molecule has 2 aromatic carbocycles. The Morgan fingerprint density at radius 1 is 1.06 bits per heavy atom. The molecule has 2 aromatic rings. The molecule has 0 aliphatic carbocycles. The van der Waals surface area contributed by atoms with Gasteiger partial charge in [-0.3, -0.25) is 0 Å². The highest BCUT2D eigenvalue weighted by Crippen LogP contribution is 2.10. The van der Waals surface area contributed by atoms with Gasteiger partial charge < -0.3 is 4.84 Å². The first kappa shape index (κ1) is 12.7. The minimum absolute atomic E-state index is 0.444. The van der Waals surface area contributed by atoms with Crippen LogP contribution in [-0.4, -0.2) is 6.21 Å². The molecule has 0 atom stereocenters. The molecule has 2 nitrogen and oxygen atoms in total. The number of hydrogen-bond acceptors (Lipinski definition) is 2. The summed E-state index contributed by atoms with van der Waals surface area (Å²) in [6, 6.07) is 15.6. The number of nitrogens with zero attached hydrogens (tertiary/aromatic N) is 1. The maximum atomic E-state index is 5.80. The zero-order chi connectivity index (χ0) is 12.8. The molecule has 0 aromatic heterocycles. The molecule has 0 bridgehead atoms. The van der Waals surface area contributed by atoms with Crippen LogP contribution < -0.4 is 0 Å². The van der Waals surface area contributed by atoms with Crippen LogP contribution in [0.15, 0.2) is 53.7 Å². The first-order valence-electron chi connectivity index (χ1n) is 5.70. The lowest BCUT2D eigenvalue weighted by molar-refractivity contribution is 0.132. The van der Waals surface area contributed by atoms with Crippen molar-refractivity contribution < 1.29 is 4.84 Å². The molecule has 0 spiro atoms. The Morgan fingerprint density at radius 2 is 1.72 bits per heavy atom. The minimum atomic E-state index is 0.444. The maximum absolute atomic E-state index is 5.80. The van der Waals surface area contributed by atoms with Crippen LogP contribution in [0.3, 0.4) is 0 Å². The van der Waals surface area contributed by atoms with Crippen molar-refractivity contribution in [3.8, 4) is 0 Å². The summed E-state index contributed by atoms with van der Waals surface area (Å²) in [5.74, 6) is 0. The highest BCUT2D eigenvalue weighted by Gasteiger charge is 1.92. The third-order valence-corrected chi connectivity index (χ3v) is 2.75. The van der Waals surface area contributed by atoms with Gasteiger partial charge in [0, 0.05) is 5.02 Å². The van der Waals surface area contributed by atoms with E-state index in [1.807, 2.05) is 48.5 Å². The standard InChI is InChI=1S/C15H14ClNO/c1-12-2-4-13(5-3-12)10-17-18-11-14-6-8-15(16)9-7-14/h2-10H,11H2,1H3. The third-order valence-electron chi connectivity index (χ3n) is 2.50. The predicted molar refractivity (Wildman–Crippen MR) is 75.0 cm³/mol. The van der Waals surface area contributed by atoms with E-state index in [-0.39, 0.29) is 0 Å². The summed E-state index contributed by atoms with van der Waals surface area (Å²) in [5, 5.41) is 4.65. The van der Waals surface area contributed by atoms with Gasteiger partial charge in [-0.15, -0.1) is 0 Å². The van der Waals surface area contributed by atoms with Crippen molar-refractivity contribution in [3.05, 3.63) is 70.2 Å². The highest BCUT2D eigenvalue weighted by atomic mass is 35.5. The normalized spacial score (nSPS) is 10.8. The fraction of sp³-hybridized carbons (Fsp3) is 0.133. The van der Waals surface area contributed by atoms with E-state index in [0.29, 0.717) is 6.61 Å². The van der Waals surface area contributed by atoms with Gasteiger partial charge in [-0.25, -0.2) is 0 Å². The van der Waals surface area contributed by atoms with Gasteiger partial charge in [-0.05, 0) is 30.2 Å². The average Bonchev–Trinajstić information content (AvgIpc) is 2.39. The molecule has 18 heavy (non-hydrogen) atoms. The van der Waals surface area contributed by atoms with Gasteiger partial charge in [0.15, 0.2) is 0 Å². The van der Waals surface area contributed by atoms with E-state index < -0.39 is 0 Å². The molecular weight excluding hydrogens is 246 g/mol. The van der Waals surface area contributed by atoms with Crippen molar-refractivity contribution in [2.45, 2.75) is 13.5 Å². The van der Waals surface area contributed by atoms with E-state index in [2.05, 4.69) is 12.1 Å². The molecule has 0 saturated heterocycles. The Morgan fingerprint density at radius 3 is 2.39 bits per heavy atom. The van der Waals surface area contributed by atoms with Gasteiger partial charge >= 0.3 is 0 Å².